The quantitative estimate of drug-likeness (QED) is 0.752. The van der Waals surface area contributed by atoms with Crippen LogP contribution in [-0.2, 0) is 22.4 Å². The normalized spacial score (nSPS) is 16.9. The van der Waals surface area contributed by atoms with Gasteiger partial charge in [0.25, 0.3) is 0 Å². The van der Waals surface area contributed by atoms with Crippen molar-refractivity contribution in [2.24, 2.45) is 0 Å². The molecule has 2 aromatic rings. The number of ether oxygens (including phenoxy) is 3. The Bertz CT molecular complexity index is 825. The molecule has 6 nitrogen and oxygen atoms in total. The molecule has 0 amide bonds. The number of carbonyl (C=O) groups is 1. The van der Waals surface area contributed by atoms with Crippen LogP contribution < -0.4 is 4.74 Å². The van der Waals surface area contributed by atoms with E-state index in [-0.39, 0.29) is 22.6 Å². The number of alkyl halides is 2. The number of aromatic nitrogens is 2. The van der Waals surface area contributed by atoms with Crippen LogP contribution in [0.1, 0.15) is 23.1 Å². The van der Waals surface area contributed by atoms with Crippen LogP contribution in [0.5, 0.6) is 5.75 Å². The van der Waals surface area contributed by atoms with Crippen molar-refractivity contribution < 1.29 is 27.8 Å². The first-order valence-corrected chi connectivity index (χ1v) is 8.32. The van der Waals surface area contributed by atoms with Gasteiger partial charge in [-0.2, -0.15) is 8.78 Å². The SMILES string of the molecule is COC(=O)c1nc(-c2ccc(OC(F)F)c(Cl)c2)n2c1CCO[C@H](C)C2. The van der Waals surface area contributed by atoms with E-state index in [1.807, 2.05) is 11.5 Å². The second kappa shape index (κ2) is 7.59. The molecule has 2 heterocycles. The van der Waals surface area contributed by atoms with Crippen molar-refractivity contribution in [1.29, 1.82) is 0 Å². The second-order valence-electron chi connectivity index (χ2n) is 5.79. The monoisotopic (exact) mass is 386 g/mol. The summed E-state index contributed by atoms with van der Waals surface area (Å²) in [6.07, 6.45) is 0.425. The Morgan fingerprint density at radius 3 is 2.88 bits per heavy atom. The van der Waals surface area contributed by atoms with E-state index in [2.05, 4.69) is 9.72 Å². The van der Waals surface area contributed by atoms with Crippen LogP contribution in [0.2, 0.25) is 5.02 Å². The van der Waals surface area contributed by atoms with E-state index in [1.165, 1.54) is 19.2 Å². The van der Waals surface area contributed by atoms with Crippen LogP contribution in [0, 0.1) is 0 Å². The molecule has 0 saturated carbocycles. The van der Waals surface area contributed by atoms with Crippen molar-refractivity contribution in [2.45, 2.75) is 32.6 Å². The van der Waals surface area contributed by atoms with Crippen LogP contribution in [0.3, 0.4) is 0 Å². The maximum atomic E-state index is 12.4. The Balaban J connectivity index is 2.08. The molecule has 26 heavy (non-hydrogen) atoms. The lowest BCUT2D eigenvalue weighted by molar-refractivity contribution is -0.0497. The van der Waals surface area contributed by atoms with Gasteiger partial charge in [-0.25, -0.2) is 9.78 Å². The third-order valence-corrected chi connectivity index (χ3v) is 4.33. The fraction of sp³-hybridized carbons (Fsp3) is 0.412. The van der Waals surface area contributed by atoms with Crippen molar-refractivity contribution in [1.82, 2.24) is 9.55 Å². The fourth-order valence-electron chi connectivity index (χ4n) is 2.92. The van der Waals surface area contributed by atoms with E-state index in [9.17, 15) is 13.6 Å². The van der Waals surface area contributed by atoms with E-state index in [0.717, 1.165) is 0 Å². The number of carbonyl (C=O) groups excluding carboxylic acids is 1. The Hall–Kier alpha value is -2.19. The summed E-state index contributed by atoms with van der Waals surface area (Å²) < 4.78 is 41.5. The number of hydrogen-bond acceptors (Lipinski definition) is 5. The molecule has 0 saturated heterocycles. The molecule has 0 N–H and O–H groups in total. The van der Waals surface area contributed by atoms with Gasteiger partial charge in [-0.15, -0.1) is 0 Å². The summed E-state index contributed by atoms with van der Waals surface area (Å²) in [5.74, 6) is -0.181. The molecule has 3 rings (SSSR count). The maximum absolute atomic E-state index is 12.4. The molecular formula is C17H17ClF2N2O4. The van der Waals surface area contributed by atoms with Gasteiger partial charge in [0.15, 0.2) is 5.69 Å². The second-order valence-corrected chi connectivity index (χ2v) is 6.20. The Morgan fingerprint density at radius 1 is 1.46 bits per heavy atom. The molecule has 1 aromatic carbocycles. The zero-order chi connectivity index (χ0) is 18.8. The zero-order valence-electron chi connectivity index (χ0n) is 14.2. The highest BCUT2D eigenvalue weighted by Crippen LogP contribution is 2.33. The van der Waals surface area contributed by atoms with E-state index in [0.29, 0.717) is 36.7 Å². The number of methoxy groups -OCH3 is 1. The molecule has 0 spiro atoms. The van der Waals surface area contributed by atoms with Gasteiger partial charge < -0.3 is 18.8 Å². The number of rotatable bonds is 4. The lowest BCUT2D eigenvalue weighted by Crippen LogP contribution is -2.15. The van der Waals surface area contributed by atoms with Crippen molar-refractivity contribution in [2.75, 3.05) is 13.7 Å². The van der Waals surface area contributed by atoms with Gasteiger partial charge in [-0.3, -0.25) is 0 Å². The van der Waals surface area contributed by atoms with Gasteiger partial charge in [0.2, 0.25) is 0 Å². The molecular weight excluding hydrogens is 370 g/mol. The van der Waals surface area contributed by atoms with Crippen LogP contribution in [0.25, 0.3) is 11.4 Å². The smallest absolute Gasteiger partial charge is 0.387 e. The predicted octanol–water partition coefficient (Wildman–Crippen LogP) is 3.55. The average Bonchev–Trinajstić information content (AvgIpc) is 2.82. The highest BCUT2D eigenvalue weighted by atomic mass is 35.5. The fourth-order valence-corrected chi connectivity index (χ4v) is 3.14. The summed E-state index contributed by atoms with van der Waals surface area (Å²) in [4.78, 5) is 16.5. The molecule has 0 radical (unpaired) electrons. The molecule has 0 bridgehead atoms. The molecule has 140 valence electrons. The van der Waals surface area contributed by atoms with Gasteiger partial charge in [-0.05, 0) is 25.1 Å². The third kappa shape index (κ3) is 3.66. The molecule has 0 unspecified atom stereocenters. The van der Waals surface area contributed by atoms with Crippen molar-refractivity contribution in [3.63, 3.8) is 0 Å². The minimum Gasteiger partial charge on any atom is -0.464 e. The van der Waals surface area contributed by atoms with Gasteiger partial charge in [0, 0.05) is 12.0 Å². The standard InChI is InChI=1S/C17H17ClF2N2O4/c1-9-8-22-12(5-6-25-9)14(16(23)24-2)21-15(22)10-3-4-13(11(18)7-10)26-17(19)20/h3-4,7,9,17H,5-6,8H2,1-2H3/t9-/m1/s1. The summed E-state index contributed by atoms with van der Waals surface area (Å²) >= 11 is 6.05. The molecule has 0 aliphatic carbocycles. The van der Waals surface area contributed by atoms with Crippen molar-refractivity contribution in [3.8, 4) is 17.1 Å². The highest BCUT2D eigenvalue weighted by molar-refractivity contribution is 6.32. The van der Waals surface area contributed by atoms with E-state index in [4.69, 9.17) is 21.1 Å². The van der Waals surface area contributed by atoms with Gasteiger partial charge in [0.05, 0.1) is 37.1 Å². The largest absolute Gasteiger partial charge is 0.464 e. The lowest BCUT2D eigenvalue weighted by Gasteiger charge is -2.13. The topological polar surface area (TPSA) is 62.6 Å². The van der Waals surface area contributed by atoms with Crippen molar-refractivity contribution in [3.05, 3.63) is 34.6 Å². The third-order valence-electron chi connectivity index (χ3n) is 4.04. The lowest BCUT2D eigenvalue weighted by atomic mass is 10.2. The maximum Gasteiger partial charge on any atom is 0.387 e. The first kappa shape index (κ1) is 18.6. The number of esters is 1. The van der Waals surface area contributed by atoms with Crippen LogP contribution >= 0.6 is 11.6 Å². The van der Waals surface area contributed by atoms with Crippen LogP contribution in [-0.4, -0.2) is 42.0 Å². The van der Waals surface area contributed by atoms with Crippen molar-refractivity contribution >= 4 is 17.6 Å². The van der Waals surface area contributed by atoms with Gasteiger partial charge in [-0.1, -0.05) is 11.6 Å². The van der Waals surface area contributed by atoms with Gasteiger partial charge >= 0.3 is 12.6 Å². The minimum atomic E-state index is -2.97. The minimum absolute atomic E-state index is 0.0256. The van der Waals surface area contributed by atoms with E-state index >= 15 is 0 Å². The van der Waals surface area contributed by atoms with E-state index < -0.39 is 12.6 Å². The van der Waals surface area contributed by atoms with Gasteiger partial charge in [0.1, 0.15) is 11.6 Å². The predicted molar refractivity (Wildman–Crippen MR) is 89.8 cm³/mol. The van der Waals surface area contributed by atoms with Crippen LogP contribution in [0.15, 0.2) is 18.2 Å². The number of nitrogens with zero attached hydrogens (tertiary/aromatic N) is 2. The zero-order valence-corrected chi connectivity index (χ0v) is 14.9. The number of benzene rings is 1. The number of hydrogen-bond donors (Lipinski definition) is 0. The first-order chi connectivity index (χ1) is 12.4. The molecule has 1 atom stereocenters. The molecule has 1 aliphatic heterocycles. The summed E-state index contributed by atoms with van der Waals surface area (Å²) in [5, 5.41) is 0.0256. The average molecular weight is 387 g/mol. The Morgan fingerprint density at radius 2 is 2.23 bits per heavy atom. The number of halogens is 3. The first-order valence-electron chi connectivity index (χ1n) is 7.94. The molecule has 1 aromatic heterocycles. The Labute approximate surface area is 153 Å². The Kier molecular flexibility index (Phi) is 5.43. The number of fused-ring (bicyclic) bond motifs is 1. The van der Waals surface area contributed by atoms with Crippen LogP contribution in [0.4, 0.5) is 8.78 Å². The summed E-state index contributed by atoms with van der Waals surface area (Å²) in [5.41, 5.74) is 1.49. The molecule has 9 heteroatoms. The summed E-state index contributed by atoms with van der Waals surface area (Å²) in [6, 6.07) is 4.39. The molecule has 0 fully saturated rings. The highest BCUT2D eigenvalue weighted by Gasteiger charge is 2.27. The summed E-state index contributed by atoms with van der Waals surface area (Å²) in [6.45, 7) is -0.103. The summed E-state index contributed by atoms with van der Waals surface area (Å²) in [7, 11) is 1.29. The molecule has 1 aliphatic rings. The van der Waals surface area contributed by atoms with E-state index in [1.54, 1.807) is 6.07 Å². The number of imidazole rings is 1.